The van der Waals surface area contributed by atoms with Crippen LogP contribution in [0, 0.1) is 17.8 Å². The maximum Gasteiger partial charge on any atom is 0.314 e. The maximum absolute atomic E-state index is 12.2. The smallest absolute Gasteiger partial charge is 0.314 e. The number of hydrogen-bond acceptors (Lipinski definition) is 5. The number of aliphatic hydroxyl groups excluding tert-OH is 1. The van der Waals surface area contributed by atoms with Gasteiger partial charge in [0.1, 0.15) is 6.10 Å². The van der Waals surface area contributed by atoms with Crippen molar-refractivity contribution in [2.45, 2.75) is 70.0 Å². The van der Waals surface area contributed by atoms with Crippen molar-refractivity contribution in [3.05, 3.63) is 0 Å². The Balaban J connectivity index is 1.72. The first-order valence-corrected chi connectivity index (χ1v) is 8.87. The second-order valence-electron chi connectivity index (χ2n) is 7.46. The minimum atomic E-state index is -1.21. The van der Waals surface area contributed by atoms with Crippen LogP contribution in [0.5, 0.6) is 0 Å². The number of esters is 1. The molecule has 0 bridgehead atoms. The van der Waals surface area contributed by atoms with Crippen molar-refractivity contribution in [1.82, 2.24) is 4.90 Å². The molecule has 1 N–H and O–H groups in total. The second-order valence-corrected chi connectivity index (χ2v) is 7.46. The molecule has 0 aromatic heterocycles. The van der Waals surface area contributed by atoms with Crippen LogP contribution in [0.4, 0.5) is 0 Å². The van der Waals surface area contributed by atoms with E-state index in [-0.39, 0.29) is 35.9 Å². The van der Waals surface area contributed by atoms with E-state index >= 15 is 0 Å². The van der Waals surface area contributed by atoms with E-state index in [1.54, 1.807) is 6.92 Å². The lowest BCUT2D eigenvalue weighted by atomic mass is 9.75. The van der Waals surface area contributed by atoms with Crippen molar-refractivity contribution in [2.24, 2.45) is 17.8 Å². The van der Waals surface area contributed by atoms with Gasteiger partial charge in [0.25, 0.3) is 0 Å². The number of carbonyl (C=O) groups is 2. The van der Waals surface area contributed by atoms with E-state index in [1.165, 1.54) is 0 Å². The summed E-state index contributed by atoms with van der Waals surface area (Å²) in [6, 6.07) is 0.154. The van der Waals surface area contributed by atoms with Gasteiger partial charge in [0.15, 0.2) is 0 Å². The minimum Gasteiger partial charge on any atom is -0.429 e. The lowest BCUT2D eigenvalue weighted by Crippen LogP contribution is -2.49. The predicted molar refractivity (Wildman–Crippen MR) is 80.1 cm³/mol. The number of aliphatic hydroxyl groups is 1. The quantitative estimate of drug-likeness (QED) is 0.730. The number of hydrogen-bond donors (Lipinski definition) is 1. The van der Waals surface area contributed by atoms with Crippen LogP contribution in [0.3, 0.4) is 0 Å². The van der Waals surface area contributed by atoms with Crippen molar-refractivity contribution in [3.8, 4) is 0 Å². The molecule has 1 amide bonds. The van der Waals surface area contributed by atoms with E-state index in [4.69, 9.17) is 9.47 Å². The minimum absolute atomic E-state index is 0.0476. The Morgan fingerprint density at radius 2 is 2.13 bits per heavy atom. The van der Waals surface area contributed by atoms with E-state index in [9.17, 15) is 14.7 Å². The molecule has 4 aliphatic rings. The van der Waals surface area contributed by atoms with Gasteiger partial charge in [0.05, 0.1) is 12.0 Å². The summed E-state index contributed by atoms with van der Waals surface area (Å²) in [6.07, 6.45) is 2.96. The van der Waals surface area contributed by atoms with Gasteiger partial charge in [-0.05, 0) is 32.6 Å². The molecule has 23 heavy (non-hydrogen) atoms. The molecule has 0 radical (unpaired) electrons. The molecule has 4 rings (SSSR count). The summed E-state index contributed by atoms with van der Waals surface area (Å²) in [5.41, 5.74) is 0. The van der Waals surface area contributed by atoms with Crippen LogP contribution in [0.15, 0.2) is 0 Å². The molecule has 0 aliphatic carbocycles. The number of ether oxygens (including phenoxy) is 2. The predicted octanol–water partition coefficient (Wildman–Crippen LogP) is 1.06. The molecule has 1 unspecified atom stereocenters. The van der Waals surface area contributed by atoms with Crippen LogP contribution < -0.4 is 0 Å². The van der Waals surface area contributed by atoms with Crippen LogP contribution in [-0.4, -0.2) is 52.5 Å². The molecule has 4 saturated heterocycles. The van der Waals surface area contributed by atoms with Crippen molar-refractivity contribution >= 4 is 11.9 Å². The Bertz CT molecular complexity index is 537. The van der Waals surface area contributed by atoms with Crippen molar-refractivity contribution in [1.29, 1.82) is 0 Å². The van der Waals surface area contributed by atoms with E-state index in [0.29, 0.717) is 6.42 Å². The molecule has 1 spiro atoms. The number of fused-ring (bicyclic) bond motifs is 3. The van der Waals surface area contributed by atoms with Crippen molar-refractivity contribution < 1.29 is 24.2 Å². The Kier molecular flexibility index (Phi) is 3.47. The Labute approximate surface area is 136 Å². The van der Waals surface area contributed by atoms with E-state index < -0.39 is 17.8 Å². The number of rotatable bonds is 1. The molecular formula is C17H25NO5. The number of nitrogens with zero attached hydrogens (tertiary/aromatic N) is 1. The molecule has 0 aromatic carbocycles. The highest BCUT2D eigenvalue weighted by Crippen LogP contribution is 2.54. The Hall–Kier alpha value is -1.14. The lowest BCUT2D eigenvalue weighted by molar-refractivity contribution is -0.250. The molecule has 128 valence electrons. The van der Waals surface area contributed by atoms with Gasteiger partial charge in [-0.25, -0.2) is 0 Å². The van der Waals surface area contributed by atoms with Crippen LogP contribution in [-0.2, 0) is 19.1 Å². The van der Waals surface area contributed by atoms with Gasteiger partial charge in [-0.3, -0.25) is 9.59 Å². The van der Waals surface area contributed by atoms with E-state index in [0.717, 1.165) is 32.2 Å². The molecule has 6 nitrogen and oxygen atoms in total. The summed E-state index contributed by atoms with van der Waals surface area (Å²) in [5, 5.41) is 10.7. The summed E-state index contributed by atoms with van der Waals surface area (Å²) < 4.78 is 11.9. The summed E-state index contributed by atoms with van der Waals surface area (Å²) in [5.74, 6) is -1.85. The maximum atomic E-state index is 12.2. The zero-order chi connectivity index (χ0) is 16.4. The van der Waals surface area contributed by atoms with Crippen LogP contribution in [0.1, 0.15) is 46.0 Å². The standard InChI is InChI=1S/C17H25NO5/c1-3-10-14-11-6-7-13(19)18(11)8-4-5-12(14)22-17(10)15(20)9(2)16(21)23-17/h9-12,14-15,20H,3-8H2,1-2H3/t9-,10-,11-,12+,14+,15-,17?/m0/s1. The van der Waals surface area contributed by atoms with Gasteiger partial charge in [0, 0.05) is 30.8 Å². The lowest BCUT2D eigenvalue weighted by Gasteiger charge is -2.36. The third-order valence-electron chi connectivity index (χ3n) is 6.41. The largest absolute Gasteiger partial charge is 0.429 e. The third-order valence-corrected chi connectivity index (χ3v) is 6.41. The summed E-state index contributed by atoms with van der Waals surface area (Å²) in [4.78, 5) is 26.2. The van der Waals surface area contributed by atoms with E-state index in [2.05, 4.69) is 0 Å². The molecule has 0 aromatic rings. The van der Waals surface area contributed by atoms with Crippen molar-refractivity contribution in [2.75, 3.05) is 6.54 Å². The van der Waals surface area contributed by atoms with Crippen LogP contribution >= 0.6 is 0 Å². The van der Waals surface area contributed by atoms with Gasteiger partial charge < -0.3 is 19.5 Å². The van der Waals surface area contributed by atoms with Crippen LogP contribution in [0.2, 0.25) is 0 Å². The highest BCUT2D eigenvalue weighted by molar-refractivity contribution is 5.79. The van der Waals surface area contributed by atoms with Crippen LogP contribution in [0.25, 0.3) is 0 Å². The molecule has 4 aliphatic heterocycles. The first-order valence-electron chi connectivity index (χ1n) is 8.87. The molecule has 4 fully saturated rings. The highest BCUT2D eigenvalue weighted by atomic mass is 16.7. The molecule has 7 atom stereocenters. The highest BCUT2D eigenvalue weighted by Gasteiger charge is 2.68. The molecule has 0 saturated carbocycles. The second kappa shape index (κ2) is 5.18. The van der Waals surface area contributed by atoms with Gasteiger partial charge in [-0.1, -0.05) is 6.92 Å². The Morgan fingerprint density at radius 3 is 2.78 bits per heavy atom. The average Bonchev–Trinajstić information content (AvgIpc) is 3.05. The van der Waals surface area contributed by atoms with Gasteiger partial charge in [0.2, 0.25) is 11.7 Å². The zero-order valence-corrected chi connectivity index (χ0v) is 13.7. The summed E-state index contributed by atoms with van der Waals surface area (Å²) in [7, 11) is 0. The zero-order valence-electron chi connectivity index (χ0n) is 13.7. The van der Waals surface area contributed by atoms with Crippen molar-refractivity contribution in [3.63, 3.8) is 0 Å². The van der Waals surface area contributed by atoms with Gasteiger partial charge in [-0.15, -0.1) is 0 Å². The molecule has 6 heteroatoms. The average molecular weight is 323 g/mol. The Morgan fingerprint density at radius 1 is 1.35 bits per heavy atom. The number of amides is 1. The summed E-state index contributed by atoms with van der Waals surface area (Å²) in [6.45, 7) is 4.53. The van der Waals surface area contributed by atoms with Gasteiger partial charge >= 0.3 is 5.97 Å². The fourth-order valence-corrected chi connectivity index (χ4v) is 5.34. The third kappa shape index (κ3) is 1.94. The topological polar surface area (TPSA) is 76.1 Å². The SMILES string of the molecule is CC[C@H]1[C@H]2[C@@H](CCCN3C(=O)CC[C@@H]23)OC12OC(=O)[C@@H](C)[C@@H]2O. The number of carbonyl (C=O) groups excluding carboxylic acids is 2. The normalized spacial score (nSPS) is 49.3. The molecular weight excluding hydrogens is 298 g/mol. The summed E-state index contributed by atoms with van der Waals surface area (Å²) >= 11 is 0. The fraction of sp³-hybridized carbons (Fsp3) is 0.882. The first kappa shape index (κ1) is 15.4. The fourth-order valence-electron chi connectivity index (χ4n) is 5.34. The van der Waals surface area contributed by atoms with Gasteiger partial charge in [-0.2, -0.15) is 0 Å². The van der Waals surface area contributed by atoms with E-state index in [1.807, 2.05) is 11.8 Å². The monoisotopic (exact) mass is 323 g/mol. The first-order chi connectivity index (χ1) is 11.0. The molecule has 4 heterocycles.